The number of ether oxygens (including phenoxy) is 1. The van der Waals surface area contributed by atoms with E-state index in [1.807, 2.05) is 0 Å². The molecule has 1 fully saturated rings. The van der Waals surface area contributed by atoms with Gasteiger partial charge in [-0.25, -0.2) is 0 Å². The second-order valence-corrected chi connectivity index (χ2v) is 5.79. The van der Waals surface area contributed by atoms with Gasteiger partial charge in [-0.05, 0) is 12.8 Å². The summed E-state index contributed by atoms with van der Waals surface area (Å²) in [6, 6.07) is 0.335. The molecule has 1 rings (SSSR count). The van der Waals surface area contributed by atoms with Crippen LogP contribution in [-0.4, -0.2) is 18.8 Å². The van der Waals surface area contributed by atoms with E-state index in [0.717, 1.165) is 13.0 Å². The van der Waals surface area contributed by atoms with E-state index >= 15 is 0 Å². The van der Waals surface area contributed by atoms with E-state index < -0.39 is 0 Å². The Labute approximate surface area is 101 Å². The first-order valence-corrected chi connectivity index (χ1v) is 6.96. The average molecular weight is 227 g/mol. The molecule has 0 saturated heterocycles. The van der Waals surface area contributed by atoms with Gasteiger partial charge >= 0.3 is 0 Å². The zero-order chi connectivity index (χ0) is 12.0. The molecule has 2 atom stereocenters. The van der Waals surface area contributed by atoms with Gasteiger partial charge in [-0.15, -0.1) is 0 Å². The van der Waals surface area contributed by atoms with Crippen molar-refractivity contribution in [1.82, 2.24) is 0 Å². The maximum atomic E-state index is 5.95. The third-order valence-electron chi connectivity index (χ3n) is 4.07. The molecule has 0 radical (unpaired) electrons. The van der Waals surface area contributed by atoms with Crippen LogP contribution in [0.5, 0.6) is 0 Å². The SMILES string of the molecule is CCCCCCCCOC1CC(N)C1(C)C. The summed E-state index contributed by atoms with van der Waals surface area (Å²) in [6.45, 7) is 7.61. The topological polar surface area (TPSA) is 35.2 Å². The molecule has 16 heavy (non-hydrogen) atoms. The molecule has 0 aromatic rings. The predicted octanol–water partition coefficient (Wildman–Crippen LogP) is 3.49. The maximum Gasteiger partial charge on any atom is 0.0655 e. The highest BCUT2D eigenvalue weighted by atomic mass is 16.5. The first kappa shape index (κ1) is 14.0. The minimum Gasteiger partial charge on any atom is -0.378 e. The molecule has 96 valence electrons. The highest BCUT2D eigenvalue weighted by molar-refractivity contribution is 5.00. The lowest BCUT2D eigenvalue weighted by atomic mass is 9.65. The minimum atomic E-state index is 0.197. The van der Waals surface area contributed by atoms with Crippen molar-refractivity contribution in [3.8, 4) is 0 Å². The van der Waals surface area contributed by atoms with Crippen LogP contribution >= 0.6 is 0 Å². The van der Waals surface area contributed by atoms with Gasteiger partial charge in [-0.3, -0.25) is 0 Å². The van der Waals surface area contributed by atoms with Crippen molar-refractivity contribution in [2.45, 2.75) is 77.9 Å². The van der Waals surface area contributed by atoms with Crippen LogP contribution in [0, 0.1) is 5.41 Å². The minimum absolute atomic E-state index is 0.197. The van der Waals surface area contributed by atoms with Crippen LogP contribution in [0.15, 0.2) is 0 Å². The van der Waals surface area contributed by atoms with Crippen molar-refractivity contribution in [2.75, 3.05) is 6.61 Å². The van der Waals surface area contributed by atoms with Gasteiger partial charge in [-0.1, -0.05) is 52.9 Å². The summed E-state index contributed by atoms with van der Waals surface area (Å²) < 4.78 is 5.89. The standard InChI is InChI=1S/C14H29NO/c1-4-5-6-7-8-9-10-16-13-11-12(15)14(13,2)3/h12-13H,4-11,15H2,1-3H3. The summed E-state index contributed by atoms with van der Waals surface area (Å²) in [5, 5.41) is 0. The summed E-state index contributed by atoms with van der Waals surface area (Å²) in [4.78, 5) is 0. The molecular weight excluding hydrogens is 198 g/mol. The molecule has 1 aliphatic carbocycles. The molecular formula is C14H29NO. The lowest BCUT2D eigenvalue weighted by Gasteiger charge is -2.49. The molecule has 0 aromatic carbocycles. The molecule has 0 heterocycles. The van der Waals surface area contributed by atoms with Crippen LogP contribution in [-0.2, 0) is 4.74 Å². The van der Waals surface area contributed by atoms with Crippen LogP contribution in [0.25, 0.3) is 0 Å². The van der Waals surface area contributed by atoms with Gasteiger partial charge in [-0.2, -0.15) is 0 Å². The van der Waals surface area contributed by atoms with Gasteiger partial charge in [0.05, 0.1) is 6.10 Å². The fourth-order valence-electron chi connectivity index (χ4n) is 2.31. The lowest BCUT2D eigenvalue weighted by molar-refractivity contribution is -0.108. The summed E-state index contributed by atoms with van der Waals surface area (Å²) in [7, 11) is 0. The molecule has 0 amide bonds. The van der Waals surface area contributed by atoms with Gasteiger partial charge in [0.15, 0.2) is 0 Å². The van der Waals surface area contributed by atoms with Crippen LogP contribution in [0.1, 0.15) is 65.7 Å². The van der Waals surface area contributed by atoms with E-state index in [1.165, 1.54) is 38.5 Å². The van der Waals surface area contributed by atoms with Gasteiger partial charge in [0.1, 0.15) is 0 Å². The number of unbranched alkanes of at least 4 members (excludes halogenated alkanes) is 5. The van der Waals surface area contributed by atoms with Crippen molar-refractivity contribution >= 4 is 0 Å². The third kappa shape index (κ3) is 3.74. The highest BCUT2D eigenvalue weighted by Crippen LogP contribution is 2.41. The second-order valence-electron chi connectivity index (χ2n) is 5.79. The van der Waals surface area contributed by atoms with Crippen LogP contribution in [0.2, 0.25) is 0 Å². The smallest absolute Gasteiger partial charge is 0.0655 e. The molecule has 2 nitrogen and oxygen atoms in total. The van der Waals surface area contributed by atoms with E-state index in [9.17, 15) is 0 Å². The van der Waals surface area contributed by atoms with Crippen molar-refractivity contribution in [3.05, 3.63) is 0 Å². The van der Waals surface area contributed by atoms with Crippen molar-refractivity contribution in [2.24, 2.45) is 11.1 Å². The molecule has 0 aromatic heterocycles. The fraction of sp³-hybridized carbons (Fsp3) is 1.00. The van der Waals surface area contributed by atoms with Gasteiger partial charge in [0.25, 0.3) is 0 Å². The average Bonchev–Trinajstić information content (AvgIpc) is 2.26. The van der Waals surface area contributed by atoms with Crippen LogP contribution < -0.4 is 5.73 Å². The summed E-state index contributed by atoms with van der Waals surface area (Å²) in [6.07, 6.45) is 9.43. The predicted molar refractivity (Wildman–Crippen MR) is 69.5 cm³/mol. The number of nitrogens with two attached hydrogens (primary N) is 1. The third-order valence-corrected chi connectivity index (χ3v) is 4.07. The van der Waals surface area contributed by atoms with E-state index in [4.69, 9.17) is 10.5 Å². The molecule has 0 spiro atoms. The normalized spacial score (nSPS) is 27.8. The molecule has 2 heteroatoms. The summed E-state index contributed by atoms with van der Waals surface area (Å²) in [5.74, 6) is 0. The Balaban J connectivity index is 1.93. The largest absolute Gasteiger partial charge is 0.378 e. The van der Waals surface area contributed by atoms with Crippen molar-refractivity contribution in [1.29, 1.82) is 0 Å². The monoisotopic (exact) mass is 227 g/mol. The Morgan fingerprint density at radius 1 is 1.12 bits per heavy atom. The fourth-order valence-corrected chi connectivity index (χ4v) is 2.31. The molecule has 2 unspecified atom stereocenters. The summed E-state index contributed by atoms with van der Waals surface area (Å²) in [5.41, 5.74) is 6.15. The van der Waals surface area contributed by atoms with E-state index in [2.05, 4.69) is 20.8 Å². The van der Waals surface area contributed by atoms with E-state index in [1.54, 1.807) is 0 Å². The Hall–Kier alpha value is -0.0800. The molecule has 0 bridgehead atoms. The lowest BCUT2D eigenvalue weighted by Crippen LogP contribution is -2.59. The number of hydrogen-bond acceptors (Lipinski definition) is 2. The van der Waals surface area contributed by atoms with Crippen molar-refractivity contribution in [3.63, 3.8) is 0 Å². The first-order chi connectivity index (χ1) is 7.59. The zero-order valence-electron chi connectivity index (χ0n) is 11.3. The van der Waals surface area contributed by atoms with E-state index in [0.29, 0.717) is 12.1 Å². The number of rotatable bonds is 8. The summed E-state index contributed by atoms with van der Waals surface area (Å²) >= 11 is 0. The number of hydrogen-bond donors (Lipinski definition) is 1. The Kier molecular flexibility index (Phi) is 5.77. The Morgan fingerprint density at radius 3 is 2.31 bits per heavy atom. The van der Waals surface area contributed by atoms with Crippen molar-refractivity contribution < 1.29 is 4.74 Å². The van der Waals surface area contributed by atoms with Crippen LogP contribution in [0.4, 0.5) is 0 Å². The highest BCUT2D eigenvalue weighted by Gasteiger charge is 2.46. The zero-order valence-corrected chi connectivity index (χ0v) is 11.3. The Bertz CT molecular complexity index is 191. The van der Waals surface area contributed by atoms with E-state index in [-0.39, 0.29) is 5.41 Å². The molecule has 2 N–H and O–H groups in total. The molecule has 1 aliphatic rings. The molecule has 1 saturated carbocycles. The quantitative estimate of drug-likeness (QED) is 0.644. The second kappa shape index (κ2) is 6.61. The van der Waals surface area contributed by atoms with Gasteiger partial charge in [0, 0.05) is 18.1 Å². The molecule has 0 aliphatic heterocycles. The maximum absolute atomic E-state index is 5.95. The Morgan fingerprint density at radius 2 is 1.75 bits per heavy atom. The van der Waals surface area contributed by atoms with Gasteiger partial charge < -0.3 is 10.5 Å². The van der Waals surface area contributed by atoms with Crippen LogP contribution in [0.3, 0.4) is 0 Å². The van der Waals surface area contributed by atoms with Gasteiger partial charge in [0.2, 0.25) is 0 Å². The first-order valence-electron chi connectivity index (χ1n) is 6.96.